The first kappa shape index (κ1) is 14.2. The minimum atomic E-state index is 0.192. The molecular formula is C17H22N2O2S. The van der Waals surface area contributed by atoms with E-state index in [1.165, 1.54) is 6.42 Å². The lowest BCUT2D eigenvalue weighted by molar-refractivity contribution is -0.144. The van der Waals surface area contributed by atoms with Crippen LogP contribution in [0.4, 0.5) is 0 Å². The smallest absolute Gasteiger partial charge is 0.264 e. The lowest BCUT2D eigenvalue weighted by Crippen LogP contribution is -2.61. The summed E-state index contributed by atoms with van der Waals surface area (Å²) >= 11 is 1.55. The molecule has 1 aromatic rings. The molecule has 4 nitrogen and oxygen atoms in total. The molecule has 0 spiro atoms. The molecule has 3 fully saturated rings. The zero-order valence-corrected chi connectivity index (χ0v) is 13.8. The number of hydrogen-bond donors (Lipinski definition) is 0. The van der Waals surface area contributed by atoms with Crippen molar-refractivity contribution in [2.24, 2.45) is 11.8 Å². The van der Waals surface area contributed by atoms with Crippen LogP contribution in [0.25, 0.3) is 0 Å². The Morgan fingerprint density at radius 1 is 1.32 bits per heavy atom. The van der Waals surface area contributed by atoms with Gasteiger partial charge in [-0.1, -0.05) is 0 Å². The van der Waals surface area contributed by atoms with Crippen molar-refractivity contribution >= 4 is 23.2 Å². The van der Waals surface area contributed by atoms with E-state index in [-0.39, 0.29) is 5.91 Å². The number of rotatable bonds is 1. The quantitative estimate of drug-likeness (QED) is 0.798. The third-order valence-corrected chi connectivity index (χ3v) is 6.53. The van der Waals surface area contributed by atoms with Crippen molar-refractivity contribution in [1.29, 1.82) is 0 Å². The molecule has 1 aromatic heterocycles. The molecule has 3 aliphatic rings. The monoisotopic (exact) mass is 318 g/mol. The Morgan fingerprint density at radius 2 is 2.18 bits per heavy atom. The maximum absolute atomic E-state index is 12.8. The van der Waals surface area contributed by atoms with Crippen LogP contribution in [0.15, 0.2) is 11.4 Å². The topological polar surface area (TPSA) is 40.6 Å². The fraction of sp³-hybridized carbons (Fsp3) is 0.647. The Hall–Kier alpha value is -1.36. The van der Waals surface area contributed by atoms with Gasteiger partial charge in [0, 0.05) is 32.1 Å². The molecule has 0 aliphatic carbocycles. The van der Waals surface area contributed by atoms with Crippen molar-refractivity contribution in [3.63, 3.8) is 0 Å². The van der Waals surface area contributed by atoms with Gasteiger partial charge < -0.3 is 9.80 Å². The molecule has 0 N–H and O–H groups in total. The number of hydrogen-bond acceptors (Lipinski definition) is 3. The van der Waals surface area contributed by atoms with Gasteiger partial charge in [-0.3, -0.25) is 9.59 Å². The van der Waals surface area contributed by atoms with Crippen LogP contribution in [0.2, 0.25) is 0 Å². The summed E-state index contributed by atoms with van der Waals surface area (Å²) in [7, 11) is 0. The van der Waals surface area contributed by atoms with Gasteiger partial charge in [-0.2, -0.15) is 0 Å². The highest BCUT2D eigenvalue weighted by molar-refractivity contribution is 7.12. The number of fused-ring (bicyclic) bond motifs is 4. The van der Waals surface area contributed by atoms with Crippen LogP contribution < -0.4 is 0 Å². The predicted molar refractivity (Wildman–Crippen MR) is 85.9 cm³/mol. The second kappa shape index (κ2) is 5.37. The molecule has 4 heterocycles. The van der Waals surface area contributed by atoms with Crippen LogP contribution in [0, 0.1) is 18.8 Å². The van der Waals surface area contributed by atoms with E-state index < -0.39 is 0 Å². The van der Waals surface area contributed by atoms with Crippen LogP contribution in [0.5, 0.6) is 0 Å². The number of likely N-dealkylation sites (tertiary alicyclic amines) is 1. The van der Waals surface area contributed by atoms with Crippen LogP contribution in [0.1, 0.15) is 40.9 Å². The maximum atomic E-state index is 12.8. The summed E-state index contributed by atoms with van der Waals surface area (Å²) in [6, 6.07) is 2.39. The molecule has 4 rings (SSSR count). The Kier molecular flexibility index (Phi) is 3.48. The highest BCUT2D eigenvalue weighted by Crippen LogP contribution is 2.38. The number of thiophene rings is 1. The summed E-state index contributed by atoms with van der Waals surface area (Å²) in [5.41, 5.74) is 1.08. The van der Waals surface area contributed by atoms with E-state index in [9.17, 15) is 9.59 Å². The maximum Gasteiger partial charge on any atom is 0.264 e. The Labute approximate surface area is 135 Å². The van der Waals surface area contributed by atoms with Crippen molar-refractivity contribution < 1.29 is 9.59 Å². The number of aryl methyl sites for hydroxylation is 1. The Bertz CT molecular complexity index is 612. The van der Waals surface area contributed by atoms with Gasteiger partial charge in [-0.15, -0.1) is 11.3 Å². The molecule has 0 saturated carbocycles. The summed E-state index contributed by atoms with van der Waals surface area (Å²) in [6.45, 7) is 4.49. The molecule has 3 atom stereocenters. The minimum Gasteiger partial charge on any atom is -0.339 e. The van der Waals surface area contributed by atoms with Gasteiger partial charge in [0.15, 0.2) is 0 Å². The SMILES string of the molecule is Cc1ccsc1C(=O)N1C[C@H]2C[C@H](C1)[C@H]1CCCC(=O)N1C2. The van der Waals surface area contributed by atoms with Crippen LogP contribution >= 0.6 is 11.3 Å². The molecule has 0 unspecified atom stereocenters. The van der Waals surface area contributed by atoms with E-state index in [1.54, 1.807) is 11.3 Å². The first-order valence-corrected chi connectivity index (χ1v) is 9.14. The van der Waals surface area contributed by atoms with Crippen molar-refractivity contribution in [2.45, 2.75) is 38.6 Å². The predicted octanol–water partition coefficient (Wildman–Crippen LogP) is 2.53. The first-order valence-electron chi connectivity index (χ1n) is 8.26. The number of amides is 2. The van der Waals surface area contributed by atoms with Gasteiger partial charge in [-0.05, 0) is 55.0 Å². The highest BCUT2D eigenvalue weighted by atomic mass is 32.1. The molecule has 5 heteroatoms. The van der Waals surface area contributed by atoms with E-state index in [1.807, 2.05) is 23.3 Å². The molecule has 3 aliphatic heterocycles. The lowest BCUT2D eigenvalue weighted by atomic mass is 9.76. The summed E-state index contributed by atoms with van der Waals surface area (Å²) in [5.74, 6) is 1.46. The zero-order chi connectivity index (χ0) is 15.3. The normalized spacial score (nSPS) is 31.1. The van der Waals surface area contributed by atoms with Crippen LogP contribution in [0.3, 0.4) is 0 Å². The fourth-order valence-corrected chi connectivity index (χ4v) is 5.40. The van der Waals surface area contributed by atoms with Crippen molar-refractivity contribution in [3.8, 4) is 0 Å². The van der Waals surface area contributed by atoms with Gasteiger partial charge >= 0.3 is 0 Å². The average Bonchev–Trinajstić information content (AvgIpc) is 2.93. The third-order valence-electron chi connectivity index (χ3n) is 5.52. The van der Waals surface area contributed by atoms with Gasteiger partial charge in [0.05, 0.1) is 4.88 Å². The standard InChI is InChI=1S/C17H22N2O2S/c1-11-5-6-22-16(11)17(21)18-8-12-7-13(10-18)14-3-2-4-15(20)19(14)9-12/h5-6,12-14H,2-4,7-10H2,1H3/t12-,13-,14-/m1/s1. The van der Waals surface area contributed by atoms with E-state index in [0.717, 1.165) is 42.9 Å². The lowest BCUT2D eigenvalue weighted by Gasteiger charge is -2.52. The fourth-order valence-electron chi connectivity index (χ4n) is 4.51. The molecule has 0 aromatic carbocycles. The minimum absolute atomic E-state index is 0.192. The highest BCUT2D eigenvalue weighted by Gasteiger charge is 2.44. The molecular weight excluding hydrogens is 296 g/mol. The van der Waals surface area contributed by atoms with Gasteiger partial charge in [-0.25, -0.2) is 0 Å². The molecule has 3 saturated heterocycles. The van der Waals surface area contributed by atoms with E-state index in [2.05, 4.69) is 4.90 Å². The third kappa shape index (κ3) is 2.26. The van der Waals surface area contributed by atoms with E-state index >= 15 is 0 Å². The summed E-state index contributed by atoms with van der Waals surface area (Å²) < 4.78 is 0. The number of carbonyl (C=O) groups excluding carboxylic acids is 2. The van der Waals surface area contributed by atoms with Crippen LogP contribution in [-0.2, 0) is 4.79 Å². The molecule has 2 amide bonds. The number of carbonyl (C=O) groups is 2. The van der Waals surface area contributed by atoms with Gasteiger partial charge in [0.25, 0.3) is 5.91 Å². The molecule has 22 heavy (non-hydrogen) atoms. The molecule has 118 valence electrons. The summed E-state index contributed by atoms with van der Waals surface area (Å²) in [5, 5.41) is 1.99. The van der Waals surface area contributed by atoms with Crippen LogP contribution in [-0.4, -0.2) is 47.3 Å². The van der Waals surface area contributed by atoms with E-state index in [0.29, 0.717) is 30.2 Å². The average molecular weight is 318 g/mol. The van der Waals surface area contributed by atoms with E-state index in [4.69, 9.17) is 0 Å². The van der Waals surface area contributed by atoms with Crippen molar-refractivity contribution in [2.75, 3.05) is 19.6 Å². The summed E-state index contributed by atoms with van der Waals surface area (Å²) in [4.78, 5) is 30.0. The number of nitrogens with zero attached hydrogens (tertiary/aromatic N) is 2. The summed E-state index contributed by atoms with van der Waals surface area (Å²) in [6.07, 6.45) is 4.02. The molecule has 2 bridgehead atoms. The first-order chi connectivity index (χ1) is 10.6. The van der Waals surface area contributed by atoms with Crippen molar-refractivity contribution in [1.82, 2.24) is 9.80 Å². The largest absolute Gasteiger partial charge is 0.339 e. The Balaban J connectivity index is 1.54. The number of piperidine rings is 3. The Morgan fingerprint density at radius 3 is 2.95 bits per heavy atom. The van der Waals surface area contributed by atoms with Crippen molar-refractivity contribution in [3.05, 3.63) is 21.9 Å². The van der Waals surface area contributed by atoms with Gasteiger partial charge in [0.2, 0.25) is 5.91 Å². The molecule has 0 radical (unpaired) electrons. The zero-order valence-electron chi connectivity index (χ0n) is 13.0. The second-order valence-electron chi connectivity index (χ2n) is 7.01. The second-order valence-corrected chi connectivity index (χ2v) is 7.93. The van der Waals surface area contributed by atoms with Gasteiger partial charge in [0.1, 0.15) is 0 Å².